The number of amides is 2. The molecule has 1 aliphatic carbocycles. The molecule has 0 unspecified atom stereocenters. The van der Waals surface area contributed by atoms with Gasteiger partial charge in [-0.2, -0.15) is 13.2 Å². The first-order valence-corrected chi connectivity index (χ1v) is 15.2. The van der Waals surface area contributed by atoms with E-state index in [4.69, 9.17) is 19.9 Å². The third-order valence-electron chi connectivity index (χ3n) is 8.12. The third kappa shape index (κ3) is 5.96. The van der Waals surface area contributed by atoms with Crippen molar-refractivity contribution in [3.8, 4) is 38.4 Å². The number of carbonyl (C=O) groups is 2. The van der Waals surface area contributed by atoms with Gasteiger partial charge in [0.2, 0.25) is 11.5 Å². The highest BCUT2D eigenvalue weighted by molar-refractivity contribution is 7.16. The predicted octanol–water partition coefficient (Wildman–Crippen LogP) is 4.88. The van der Waals surface area contributed by atoms with Crippen LogP contribution in [-0.4, -0.2) is 59.4 Å². The van der Waals surface area contributed by atoms with E-state index in [2.05, 4.69) is 15.3 Å². The van der Waals surface area contributed by atoms with Crippen LogP contribution in [0.4, 0.5) is 17.6 Å². The molecule has 15 heteroatoms. The zero-order valence-corrected chi connectivity index (χ0v) is 25.8. The molecule has 6 rings (SSSR count). The molecule has 2 aromatic heterocycles. The van der Waals surface area contributed by atoms with Gasteiger partial charge in [0.1, 0.15) is 35.0 Å². The van der Waals surface area contributed by atoms with Gasteiger partial charge in [-0.05, 0) is 68.3 Å². The largest absolute Gasteiger partial charge is 0.490 e. The molecule has 4 aromatic rings. The van der Waals surface area contributed by atoms with E-state index < -0.39 is 47.1 Å². The van der Waals surface area contributed by atoms with Gasteiger partial charge in [-0.15, -0.1) is 0 Å². The summed E-state index contributed by atoms with van der Waals surface area (Å²) < 4.78 is 74.9. The summed E-state index contributed by atoms with van der Waals surface area (Å²) in [7, 11) is 1.45. The standard InChI is InChI=1S/C32H28F4N4O6S/c1-30(28(37)42)15-45-26-21(30)12-24(40-25(26)16-3-6-18(33)7-4-16)31(43,32(34,35)36)14-39-27(41)17-5-10-22(46-19-8-9-19)20(11-17)23-13-38-29(44-2)47-23/h3-7,10-13,19,43H,8-9,14-15H2,1-2H3,(H2,37,42)(H,39,41)/t30-,31-/m0/s1. The topological polar surface area (TPSA) is 146 Å². The number of aromatic nitrogens is 2. The molecule has 2 aliphatic rings. The first-order valence-electron chi connectivity index (χ1n) is 14.4. The van der Waals surface area contributed by atoms with Crippen molar-refractivity contribution in [3.63, 3.8) is 0 Å². The monoisotopic (exact) mass is 672 g/mol. The summed E-state index contributed by atoms with van der Waals surface area (Å²) in [6.07, 6.45) is -2.07. The number of pyridine rings is 1. The van der Waals surface area contributed by atoms with E-state index in [1.165, 1.54) is 55.8 Å². The number of carbonyl (C=O) groups excluding carboxylic acids is 2. The lowest BCUT2D eigenvalue weighted by molar-refractivity contribution is -0.265. The number of benzene rings is 2. The smallest absolute Gasteiger partial charge is 0.424 e. The molecule has 4 N–H and O–H groups in total. The summed E-state index contributed by atoms with van der Waals surface area (Å²) in [4.78, 5) is 34.7. The van der Waals surface area contributed by atoms with Crippen LogP contribution in [-0.2, 0) is 15.8 Å². The summed E-state index contributed by atoms with van der Waals surface area (Å²) in [5, 5.41) is 13.9. The molecule has 0 radical (unpaired) electrons. The Morgan fingerprint density at radius 3 is 2.51 bits per heavy atom. The van der Waals surface area contributed by atoms with Crippen LogP contribution in [0.1, 0.15) is 41.4 Å². The SMILES string of the molecule is COc1ncc(-c2cc(C(=O)NC[C@](O)(c3cc4c(c(-c5ccc(F)cc5)n3)OC[C@]4(C)C(N)=O)C(F)(F)F)ccc2OC2CC2)s1. The molecule has 2 aromatic carbocycles. The lowest BCUT2D eigenvalue weighted by atomic mass is 9.81. The minimum atomic E-state index is -5.36. The second-order valence-electron chi connectivity index (χ2n) is 11.5. The van der Waals surface area contributed by atoms with Crippen molar-refractivity contribution in [2.75, 3.05) is 20.3 Å². The number of thiazole rings is 1. The summed E-state index contributed by atoms with van der Waals surface area (Å²) >= 11 is 1.19. The van der Waals surface area contributed by atoms with Gasteiger partial charge < -0.3 is 30.4 Å². The van der Waals surface area contributed by atoms with Crippen LogP contribution in [0.2, 0.25) is 0 Å². The molecule has 0 spiro atoms. The Bertz CT molecular complexity index is 1860. The van der Waals surface area contributed by atoms with Crippen LogP contribution in [0, 0.1) is 5.82 Å². The minimum Gasteiger partial charge on any atom is -0.490 e. The van der Waals surface area contributed by atoms with E-state index in [0.717, 1.165) is 31.0 Å². The van der Waals surface area contributed by atoms with Gasteiger partial charge in [0.15, 0.2) is 0 Å². The average molecular weight is 673 g/mol. The highest BCUT2D eigenvalue weighted by Gasteiger charge is 2.57. The van der Waals surface area contributed by atoms with Crippen LogP contribution in [0.25, 0.3) is 21.7 Å². The lowest BCUT2D eigenvalue weighted by Gasteiger charge is -2.31. The van der Waals surface area contributed by atoms with E-state index in [9.17, 15) is 32.3 Å². The normalized spacial score (nSPS) is 18.5. The van der Waals surface area contributed by atoms with E-state index in [0.29, 0.717) is 21.4 Å². The van der Waals surface area contributed by atoms with E-state index in [1.54, 1.807) is 6.07 Å². The Hall–Kier alpha value is -4.76. The molecule has 246 valence electrons. The Balaban J connectivity index is 1.37. The molecule has 2 amide bonds. The van der Waals surface area contributed by atoms with Crippen molar-refractivity contribution in [1.29, 1.82) is 0 Å². The fourth-order valence-corrected chi connectivity index (χ4v) is 5.81. The number of hydrogen-bond donors (Lipinski definition) is 3. The molecule has 2 atom stereocenters. The maximum Gasteiger partial charge on any atom is 0.424 e. The maximum absolute atomic E-state index is 14.8. The van der Waals surface area contributed by atoms with Gasteiger partial charge in [0.05, 0.1) is 30.3 Å². The third-order valence-corrected chi connectivity index (χ3v) is 9.11. The molecule has 0 saturated heterocycles. The van der Waals surface area contributed by atoms with Gasteiger partial charge in [0, 0.05) is 28.5 Å². The number of ether oxygens (including phenoxy) is 3. The fraction of sp³-hybridized carbons (Fsp3) is 0.312. The Morgan fingerprint density at radius 2 is 1.89 bits per heavy atom. The second-order valence-corrected chi connectivity index (χ2v) is 12.5. The van der Waals surface area contributed by atoms with E-state index in [-0.39, 0.29) is 40.8 Å². The van der Waals surface area contributed by atoms with Crippen molar-refractivity contribution in [3.05, 3.63) is 77.4 Å². The summed E-state index contributed by atoms with van der Waals surface area (Å²) in [6.45, 7) is -0.255. The average Bonchev–Trinajstić information content (AvgIpc) is 3.60. The van der Waals surface area contributed by atoms with E-state index in [1.807, 2.05) is 0 Å². The number of hydrogen-bond acceptors (Lipinski definition) is 9. The maximum atomic E-state index is 14.8. The summed E-state index contributed by atoms with van der Waals surface area (Å²) in [5.74, 6) is -1.98. The quantitative estimate of drug-likeness (QED) is 0.202. The molecule has 1 saturated carbocycles. The fourth-order valence-electron chi connectivity index (χ4n) is 5.06. The zero-order valence-electron chi connectivity index (χ0n) is 25.0. The van der Waals surface area contributed by atoms with Crippen molar-refractivity contribution < 1.29 is 46.5 Å². The number of nitrogens with zero attached hydrogens (tertiary/aromatic N) is 2. The van der Waals surface area contributed by atoms with Crippen molar-refractivity contribution in [1.82, 2.24) is 15.3 Å². The number of halogens is 4. The van der Waals surface area contributed by atoms with Crippen LogP contribution in [0.5, 0.6) is 16.7 Å². The number of fused-ring (bicyclic) bond motifs is 1. The van der Waals surface area contributed by atoms with Gasteiger partial charge >= 0.3 is 6.18 Å². The van der Waals surface area contributed by atoms with Crippen LogP contribution >= 0.6 is 11.3 Å². The number of alkyl halides is 3. The molecule has 47 heavy (non-hydrogen) atoms. The summed E-state index contributed by atoms with van der Waals surface area (Å²) in [6, 6.07) is 10.0. The molecule has 3 heterocycles. The Labute approximate surface area is 269 Å². The lowest BCUT2D eigenvalue weighted by Crippen LogP contribution is -2.51. The Kier molecular flexibility index (Phi) is 8.08. The number of rotatable bonds is 10. The highest BCUT2D eigenvalue weighted by Crippen LogP contribution is 2.48. The second kappa shape index (κ2) is 11.8. The molecular formula is C32H28F4N4O6S. The number of nitrogens with two attached hydrogens (primary N) is 1. The zero-order chi connectivity index (χ0) is 33.7. The predicted molar refractivity (Wildman–Crippen MR) is 162 cm³/mol. The number of nitrogens with one attached hydrogen (secondary N) is 1. The van der Waals surface area contributed by atoms with Crippen LogP contribution in [0.3, 0.4) is 0 Å². The van der Waals surface area contributed by atoms with Crippen molar-refractivity contribution in [2.45, 2.75) is 43.1 Å². The molecule has 10 nitrogen and oxygen atoms in total. The van der Waals surface area contributed by atoms with Crippen LogP contribution in [0.15, 0.2) is 54.7 Å². The van der Waals surface area contributed by atoms with Gasteiger partial charge in [-0.3, -0.25) is 9.59 Å². The molecule has 0 bridgehead atoms. The molecular weight excluding hydrogens is 644 g/mol. The van der Waals surface area contributed by atoms with Crippen LogP contribution < -0.4 is 25.3 Å². The summed E-state index contributed by atoms with van der Waals surface area (Å²) in [5.41, 5.74) is -0.193. The first kappa shape index (κ1) is 32.2. The molecule has 1 aliphatic heterocycles. The minimum absolute atomic E-state index is 0.0105. The number of primary amides is 1. The Morgan fingerprint density at radius 1 is 1.17 bits per heavy atom. The van der Waals surface area contributed by atoms with Crippen molar-refractivity contribution in [2.24, 2.45) is 5.73 Å². The first-order chi connectivity index (χ1) is 22.2. The van der Waals surface area contributed by atoms with E-state index >= 15 is 0 Å². The highest BCUT2D eigenvalue weighted by atomic mass is 32.1. The van der Waals surface area contributed by atoms with Crippen molar-refractivity contribution >= 4 is 23.2 Å². The number of aliphatic hydroxyl groups is 1. The van der Waals surface area contributed by atoms with Gasteiger partial charge in [-0.1, -0.05) is 11.3 Å². The molecule has 1 fully saturated rings. The van der Waals surface area contributed by atoms with Gasteiger partial charge in [0.25, 0.3) is 11.1 Å². The number of methoxy groups -OCH3 is 1. The van der Waals surface area contributed by atoms with Gasteiger partial charge in [-0.25, -0.2) is 14.4 Å².